The molecule has 3 rings (SSSR count). The molecule has 1 amide bonds. The molecule has 1 aromatic heterocycles. The minimum atomic E-state index is -0.437. The molecule has 33 heavy (non-hydrogen) atoms. The molecule has 0 radical (unpaired) electrons. The highest BCUT2D eigenvalue weighted by Crippen LogP contribution is 2.29. The maximum absolute atomic E-state index is 13.1. The molecule has 3 aromatic rings. The molecule has 2 atom stereocenters. The lowest BCUT2D eigenvalue weighted by atomic mass is 10.2. The number of hydrogen-bond acceptors (Lipinski definition) is 6. The molecule has 2 unspecified atom stereocenters. The Balaban J connectivity index is 1.75. The highest BCUT2D eigenvalue weighted by molar-refractivity contribution is 8.00. The fraction of sp³-hybridized carbons (Fsp3) is 0.375. The Labute approximate surface area is 197 Å². The van der Waals surface area contributed by atoms with Gasteiger partial charge in [0.05, 0.1) is 12.4 Å². The number of aromatic nitrogens is 3. The van der Waals surface area contributed by atoms with Gasteiger partial charge in [0.1, 0.15) is 17.3 Å². The third kappa shape index (κ3) is 6.71. The van der Waals surface area contributed by atoms with Crippen molar-refractivity contribution in [3.63, 3.8) is 0 Å². The van der Waals surface area contributed by atoms with Crippen molar-refractivity contribution in [1.29, 1.82) is 0 Å². The quantitative estimate of drug-likeness (QED) is 0.401. The van der Waals surface area contributed by atoms with Crippen LogP contribution in [0.2, 0.25) is 0 Å². The van der Waals surface area contributed by atoms with E-state index in [2.05, 4.69) is 29.4 Å². The third-order valence-corrected chi connectivity index (χ3v) is 5.85. The Morgan fingerprint density at radius 3 is 2.45 bits per heavy atom. The van der Waals surface area contributed by atoms with Gasteiger partial charge in [0, 0.05) is 18.3 Å². The minimum absolute atomic E-state index is 0.201. The van der Waals surface area contributed by atoms with E-state index in [4.69, 9.17) is 9.47 Å². The number of benzene rings is 2. The number of carbonyl (C=O) groups excluding carboxylic acids is 1. The van der Waals surface area contributed by atoms with Crippen LogP contribution in [0.25, 0.3) is 0 Å². The highest BCUT2D eigenvalue weighted by atomic mass is 32.2. The zero-order chi connectivity index (χ0) is 24.0. The van der Waals surface area contributed by atoms with Gasteiger partial charge >= 0.3 is 0 Å². The molecule has 0 aliphatic rings. The van der Waals surface area contributed by atoms with Crippen LogP contribution in [0.5, 0.6) is 11.5 Å². The molecule has 0 aliphatic heterocycles. The number of methoxy groups -OCH3 is 1. The average Bonchev–Trinajstić information content (AvgIpc) is 3.16. The smallest absolute Gasteiger partial charge is 0.237 e. The Kier molecular flexibility index (Phi) is 8.32. The van der Waals surface area contributed by atoms with Gasteiger partial charge in [-0.1, -0.05) is 31.7 Å². The number of amides is 1. The van der Waals surface area contributed by atoms with Crippen LogP contribution in [0.3, 0.4) is 0 Å². The number of anilines is 1. The zero-order valence-corrected chi connectivity index (χ0v) is 20.2. The van der Waals surface area contributed by atoms with E-state index in [1.807, 2.05) is 35.8 Å². The van der Waals surface area contributed by atoms with E-state index in [9.17, 15) is 9.18 Å². The van der Waals surface area contributed by atoms with Gasteiger partial charge in [-0.15, -0.1) is 10.2 Å². The number of nitrogens with one attached hydrogen (secondary N) is 1. The molecular weight excluding hydrogens is 443 g/mol. The molecule has 0 saturated carbocycles. The van der Waals surface area contributed by atoms with E-state index in [-0.39, 0.29) is 17.8 Å². The average molecular weight is 473 g/mol. The van der Waals surface area contributed by atoms with Crippen molar-refractivity contribution in [3.05, 3.63) is 60.2 Å². The number of thioether (sulfide) groups is 1. The first-order valence-corrected chi connectivity index (χ1v) is 11.6. The molecule has 0 bridgehead atoms. The SMILES string of the molecule is COc1cccc(OC(C)c2nnc(SC(C)C(=O)Nc3ccc(F)cc3)n2CC(C)C)c1. The van der Waals surface area contributed by atoms with Gasteiger partial charge in [-0.3, -0.25) is 4.79 Å². The summed E-state index contributed by atoms with van der Waals surface area (Å²) in [7, 11) is 1.61. The summed E-state index contributed by atoms with van der Waals surface area (Å²) in [5.41, 5.74) is 0.540. The van der Waals surface area contributed by atoms with Gasteiger partial charge in [0.2, 0.25) is 5.91 Å². The van der Waals surface area contributed by atoms with Crippen molar-refractivity contribution in [3.8, 4) is 11.5 Å². The van der Waals surface area contributed by atoms with Crippen LogP contribution < -0.4 is 14.8 Å². The Hall–Kier alpha value is -3.07. The van der Waals surface area contributed by atoms with Crippen LogP contribution in [-0.4, -0.2) is 33.0 Å². The van der Waals surface area contributed by atoms with E-state index in [1.54, 1.807) is 14.0 Å². The van der Waals surface area contributed by atoms with Crippen LogP contribution in [-0.2, 0) is 11.3 Å². The minimum Gasteiger partial charge on any atom is -0.497 e. The van der Waals surface area contributed by atoms with Crippen molar-refractivity contribution < 1.29 is 18.7 Å². The predicted molar refractivity (Wildman–Crippen MR) is 127 cm³/mol. The summed E-state index contributed by atoms with van der Waals surface area (Å²) in [6.07, 6.45) is -0.360. The summed E-state index contributed by atoms with van der Waals surface area (Å²) >= 11 is 1.32. The van der Waals surface area contributed by atoms with Crippen molar-refractivity contribution >= 4 is 23.4 Å². The maximum Gasteiger partial charge on any atom is 0.237 e. The lowest BCUT2D eigenvalue weighted by Gasteiger charge is -2.19. The van der Waals surface area contributed by atoms with Gasteiger partial charge in [-0.25, -0.2) is 4.39 Å². The first-order valence-electron chi connectivity index (χ1n) is 10.7. The van der Waals surface area contributed by atoms with Gasteiger partial charge in [-0.05, 0) is 56.2 Å². The number of rotatable bonds is 10. The Bertz CT molecular complexity index is 1070. The van der Waals surface area contributed by atoms with E-state index in [1.165, 1.54) is 36.0 Å². The molecule has 7 nitrogen and oxygen atoms in total. The van der Waals surface area contributed by atoms with Crippen LogP contribution >= 0.6 is 11.8 Å². The van der Waals surface area contributed by atoms with Gasteiger partial charge in [0.25, 0.3) is 0 Å². The zero-order valence-electron chi connectivity index (χ0n) is 19.4. The molecule has 2 aromatic carbocycles. The number of halogens is 1. The first-order chi connectivity index (χ1) is 15.8. The molecular formula is C24H29FN4O3S. The molecule has 1 N–H and O–H groups in total. The second-order valence-corrected chi connectivity index (χ2v) is 9.35. The van der Waals surface area contributed by atoms with Crippen molar-refractivity contribution in [2.45, 2.75) is 50.8 Å². The predicted octanol–water partition coefficient (Wildman–Crippen LogP) is 5.34. The van der Waals surface area contributed by atoms with E-state index in [0.717, 1.165) is 0 Å². The number of ether oxygens (including phenoxy) is 2. The highest BCUT2D eigenvalue weighted by Gasteiger charge is 2.24. The summed E-state index contributed by atoms with van der Waals surface area (Å²) in [6, 6.07) is 13.1. The summed E-state index contributed by atoms with van der Waals surface area (Å²) in [5.74, 6) is 1.84. The van der Waals surface area contributed by atoms with Gasteiger partial charge < -0.3 is 19.4 Å². The van der Waals surface area contributed by atoms with Crippen LogP contribution in [0.15, 0.2) is 53.7 Å². The second-order valence-electron chi connectivity index (χ2n) is 8.04. The monoisotopic (exact) mass is 472 g/mol. The largest absolute Gasteiger partial charge is 0.497 e. The van der Waals surface area contributed by atoms with Gasteiger partial charge in [-0.2, -0.15) is 0 Å². The lowest BCUT2D eigenvalue weighted by Crippen LogP contribution is -2.23. The molecule has 0 spiro atoms. The molecule has 1 heterocycles. The van der Waals surface area contributed by atoms with E-state index >= 15 is 0 Å². The molecule has 0 fully saturated rings. The van der Waals surface area contributed by atoms with Crippen molar-refractivity contribution in [1.82, 2.24) is 14.8 Å². The maximum atomic E-state index is 13.1. The lowest BCUT2D eigenvalue weighted by molar-refractivity contribution is -0.115. The van der Waals surface area contributed by atoms with Crippen LogP contribution in [0.4, 0.5) is 10.1 Å². The van der Waals surface area contributed by atoms with Crippen molar-refractivity contribution in [2.75, 3.05) is 12.4 Å². The number of hydrogen-bond donors (Lipinski definition) is 1. The summed E-state index contributed by atoms with van der Waals surface area (Å²) in [5, 5.41) is 11.7. The normalized spacial score (nSPS) is 12.9. The molecule has 9 heteroatoms. The number of nitrogens with zero attached hydrogens (tertiary/aromatic N) is 3. The van der Waals surface area contributed by atoms with E-state index < -0.39 is 5.25 Å². The first kappa shape index (κ1) is 24.6. The molecule has 0 aliphatic carbocycles. The van der Waals surface area contributed by atoms with Crippen molar-refractivity contribution in [2.24, 2.45) is 5.92 Å². The Morgan fingerprint density at radius 2 is 1.79 bits per heavy atom. The fourth-order valence-electron chi connectivity index (χ4n) is 3.14. The second kappa shape index (κ2) is 11.2. The molecule has 176 valence electrons. The Morgan fingerprint density at radius 1 is 1.09 bits per heavy atom. The topological polar surface area (TPSA) is 78.3 Å². The summed E-state index contributed by atoms with van der Waals surface area (Å²) in [4.78, 5) is 12.7. The summed E-state index contributed by atoms with van der Waals surface area (Å²) < 4.78 is 26.5. The number of carbonyl (C=O) groups is 1. The standard InChI is InChI=1S/C24H29FN4O3S/c1-15(2)14-29-22(16(3)32-21-8-6-7-20(13-21)31-5)27-28-24(29)33-17(4)23(30)26-19-11-9-18(25)10-12-19/h6-13,15-17H,14H2,1-5H3,(H,26,30). The van der Waals surface area contributed by atoms with E-state index in [0.29, 0.717) is 40.6 Å². The van der Waals surface area contributed by atoms with Gasteiger partial charge in [0.15, 0.2) is 17.1 Å². The summed E-state index contributed by atoms with van der Waals surface area (Å²) in [6.45, 7) is 8.61. The fourth-order valence-corrected chi connectivity index (χ4v) is 4.01. The van der Waals surface area contributed by atoms with Crippen LogP contribution in [0, 0.1) is 11.7 Å². The molecule has 0 saturated heterocycles. The van der Waals surface area contributed by atoms with Crippen LogP contribution in [0.1, 0.15) is 39.6 Å². The third-order valence-electron chi connectivity index (χ3n) is 4.77.